The van der Waals surface area contributed by atoms with Gasteiger partial charge in [-0.25, -0.2) is 14.8 Å². The summed E-state index contributed by atoms with van der Waals surface area (Å²) in [6.45, 7) is 8.24. The van der Waals surface area contributed by atoms with Gasteiger partial charge in [-0.15, -0.1) is 0 Å². The standard InChI is InChI=1S/C22H26N4O2/c1-15(26-12-10-19(28-21(26)27)13-22(3,4)14-23)17-5-7-18(8-6-17)20-9-11-24-16(2)25-20/h5-9,11,15,19H,10,12-13H2,1-4H3/t15-,19-/m0/s1. The van der Waals surface area contributed by atoms with E-state index in [1.54, 1.807) is 11.1 Å². The smallest absolute Gasteiger partial charge is 0.410 e. The van der Waals surface area contributed by atoms with E-state index in [2.05, 4.69) is 16.0 Å². The van der Waals surface area contributed by atoms with Crippen molar-refractivity contribution in [2.75, 3.05) is 6.54 Å². The number of carbonyl (C=O) groups is 1. The van der Waals surface area contributed by atoms with Gasteiger partial charge in [0.25, 0.3) is 0 Å². The maximum Gasteiger partial charge on any atom is 0.410 e. The number of ether oxygens (including phenoxy) is 1. The Bertz CT molecular complexity index is 886. The molecule has 0 N–H and O–H groups in total. The highest BCUT2D eigenvalue weighted by atomic mass is 16.6. The first kappa shape index (κ1) is 19.8. The molecule has 146 valence electrons. The van der Waals surface area contributed by atoms with Crippen LogP contribution in [-0.4, -0.2) is 33.6 Å². The van der Waals surface area contributed by atoms with Gasteiger partial charge in [-0.3, -0.25) is 0 Å². The van der Waals surface area contributed by atoms with Crippen LogP contribution in [0.1, 0.15) is 51.0 Å². The Labute approximate surface area is 166 Å². The van der Waals surface area contributed by atoms with Crippen molar-refractivity contribution < 1.29 is 9.53 Å². The normalized spacial score (nSPS) is 18.3. The van der Waals surface area contributed by atoms with Crippen LogP contribution in [0.15, 0.2) is 36.5 Å². The molecule has 3 rings (SSSR count). The number of rotatable bonds is 5. The number of amides is 1. The third-order valence-corrected chi connectivity index (χ3v) is 5.17. The molecule has 1 amide bonds. The Balaban J connectivity index is 1.67. The fourth-order valence-corrected chi connectivity index (χ4v) is 3.48. The molecule has 2 heterocycles. The number of cyclic esters (lactones) is 1. The fourth-order valence-electron chi connectivity index (χ4n) is 3.48. The van der Waals surface area contributed by atoms with Gasteiger partial charge in [-0.1, -0.05) is 24.3 Å². The number of benzene rings is 1. The third-order valence-electron chi connectivity index (χ3n) is 5.17. The van der Waals surface area contributed by atoms with Crippen LogP contribution in [0.4, 0.5) is 4.79 Å². The molecule has 1 aliphatic rings. The summed E-state index contributed by atoms with van der Waals surface area (Å²) < 4.78 is 5.60. The summed E-state index contributed by atoms with van der Waals surface area (Å²) in [6, 6.07) is 12.1. The van der Waals surface area contributed by atoms with Crippen LogP contribution in [0.5, 0.6) is 0 Å². The van der Waals surface area contributed by atoms with Crippen LogP contribution in [0.25, 0.3) is 11.3 Å². The van der Waals surface area contributed by atoms with Gasteiger partial charge in [0.1, 0.15) is 11.9 Å². The molecule has 2 atom stereocenters. The predicted molar refractivity (Wildman–Crippen MR) is 106 cm³/mol. The van der Waals surface area contributed by atoms with Gasteiger partial charge in [0.15, 0.2) is 0 Å². The molecule has 0 spiro atoms. The highest BCUT2D eigenvalue weighted by Crippen LogP contribution is 2.31. The Morgan fingerprint density at radius 3 is 2.64 bits per heavy atom. The molecule has 6 nitrogen and oxygen atoms in total. The Morgan fingerprint density at radius 1 is 1.32 bits per heavy atom. The number of aromatic nitrogens is 2. The van der Waals surface area contributed by atoms with Gasteiger partial charge in [0, 0.05) is 31.1 Å². The predicted octanol–water partition coefficient (Wildman–Crippen LogP) is 4.66. The lowest BCUT2D eigenvalue weighted by Crippen LogP contribution is -2.44. The lowest BCUT2D eigenvalue weighted by molar-refractivity contribution is 0.000798. The van der Waals surface area contributed by atoms with Gasteiger partial charge < -0.3 is 9.64 Å². The van der Waals surface area contributed by atoms with E-state index in [0.29, 0.717) is 13.0 Å². The largest absolute Gasteiger partial charge is 0.446 e. The summed E-state index contributed by atoms with van der Waals surface area (Å²) >= 11 is 0. The number of nitrogens with zero attached hydrogens (tertiary/aromatic N) is 4. The molecule has 2 aromatic rings. The van der Waals surface area contributed by atoms with Gasteiger partial charge in [0.2, 0.25) is 0 Å². The quantitative estimate of drug-likeness (QED) is 0.756. The van der Waals surface area contributed by atoms with E-state index in [-0.39, 0.29) is 18.2 Å². The summed E-state index contributed by atoms with van der Waals surface area (Å²) in [5.74, 6) is 0.736. The van der Waals surface area contributed by atoms with Gasteiger partial charge >= 0.3 is 6.09 Å². The zero-order valence-corrected chi connectivity index (χ0v) is 16.8. The van der Waals surface area contributed by atoms with E-state index in [1.807, 2.05) is 58.0 Å². The number of hydrogen-bond donors (Lipinski definition) is 0. The van der Waals surface area contributed by atoms with Gasteiger partial charge in [-0.2, -0.15) is 5.26 Å². The molecule has 28 heavy (non-hydrogen) atoms. The third kappa shape index (κ3) is 4.48. The zero-order valence-electron chi connectivity index (χ0n) is 16.8. The lowest BCUT2D eigenvalue weighted by atomic mass is 9.87. The maximum atomic E-state index is 12.5. The zero-order chi connectivity index (χ0) is 20.3. The molecule has 0 aliphatic carbocycles. The molecule has 0 bridgehead atoms. The van der Waals surface area contributed by atoms with Crippen molar-refractivity contribution in [2.45, 2.75) is 52.7 Å². The molecule has 1 aliphatic heterocycles. The van der Waals surface area contributed by atoms with Crippen molar-refractivity contribution in [1.82, 2.24) is 14.9 Å². The monoisotopic (exact) mass is 378 g/mol. The molecule has 1 aromatic heterocycles. The van der Waals surface area contributed by atoms with Crippen LogP contribution in [-0.2, 0) is 4.74 Å². The second kappa shape index (κ2) is 7.97. The van der Waals surface area contributed by atoms with Crippen LogP contribution < -0.4 is 0 Å². The second-order valence-electron chi connectivity index (χ2n) is 7.97. The Morgan fingerprint density at radius 2 is 2.04 bits per heavy atom. The fraction of sp³-hybridized carbons (Fsp3) is 0.455. The summed E-state index contributed by atoms with van der Waals surface area (Å²) in [4.78, 5) is 22.8. The molecule has 0 unspecified atom stereocenters. The molecule has 6 heteroatoms. The molecule has 1 aromatic carbocycles. The van der Waals surface area contributed by atoms with Crippen LogP contribution in [0, 0.1) is 23.7 Å². The van der Waals surface area contributed by atoms with Crippen molar-refractivity contribution in [3.05, 3.63) is 47.9 Å². The first-order chi connectivity index (χ1) is 13.3. The highest BCUT2D eigenvalue weighted by Gasteiger charge is 2.34. The average molecular weight is 378 g/mol. The summed E-state index contributed by atoms with van der Waals surface area (Å²) in [7, 11) is 0. The van der Waals surface area contributed by atoms with Crippen LogP contribution >= 0.6 is 0 Å². The lowest BCUT2D eigenvalue weighted by Gasteiger charge is -2.37. The number of hydrogen-bond acceptors (Lipinski definition) is 5. The maximum absolute atomic E-state index is 12.5. The molecule has 0 saturated carbocycles. The van der Waals surface area contributed by atoms with Crippen molar-refractivity contribution in [3.63, 3.8) is 0 Å². The topological polar surface area (TPSA) is 79.1 Å². The first-order valence-electron chi connectivity index (χ1n) is 9.57. The van der Waals surface area contributed by atoms with E-state index < -0.39 is 5.41 Å². The molecular weight excluding hydrogens is 352 g/mol. The average Bonchev–Trinajstić information content (AvgIpc) is 2.67. The molecule has 0 radical (unpaired) electrons. The van der Waals surface area contributed by atoms with E-state index in [4.69, 9.17) is 4.74 Å². The van der Waals surface area contributed by atoms with Crippen LogP contribution in [0.3, 0.4) is 0 Å². The number of nitriles is 1. The van der Waals surface area contributed by atoms with E-state index in [0.717, 1.165) is 29.1 Å². The number of aryl methyl sites for hydroxylation is 1. The molecular formula is C22H26N4O2. The highest BCUT2D eigenvalue weighted by molar-refractivity contribution is 5.69. The summed E-state index contributed by atoms with van der Waals surface area (Å²) in [5.41, 5.74) is 2.45. The number of carbonyl (C=O) groups excluding carboxylic acids is 1. The summed E-state index contributed by atoms with van der Waals surface area (Å²) in [5, 5.41) is 9.19. The molecule has 1 fully saturated rings. The molecule has 1 saturated heterocycles. The van der Waals surface area contributed by atoms with Crippen molar-refractivity contribution >= 4 is 6.09 Å². The van der Waals surface area contributed by atoms with Crippen molar-refractivity contribution in [1.29, 1.82) is 5.26 Å². The van der Waals surface area contributed by atoms with Crippen LogP contribution in [0.2, 0.25) is 0 Å². The minimum atomic E-state index is -0.492. The Hall–Kier alpha value is -2.94. The minimum Gasteiger partial charge on any atom is -0.446 e. The Kier molecular flexibility index (Phi) is 5.64. The van der Waals surface area contributed by atoms with E-state index >= 15 is 0 Å². The van der Waals surface area contributed by atoms with Gasteiger partial charge in [-0.05, 0) is 39.3 Å². The SMILES string of the molecule is Cc1nccc(-c2ccc([C@H](C)N3CC[C@@H](CC(C)(C)C#N)OC3=O)cc2)n1. The van der Waals surface area contributed by atoms with Crippen molar-refractivity contribution in [2.24, 2.45) is 5.41 Å². The summed E-state index contributed by atoms with van der Waals surface area (Å²) in [6.07, 6.45) is 2.54. The second-order valence-corrected chi connectivity index (χ2v) is 7.97. The van der Waals surface area contributed by atoms with Crippen molar-refractivity contribution in [3.8, 4) is 17.3 Å². The van der Waals surface area contributed by atoms with Gasteiger partial charge in [0.05, 0.1) is 23.2 Å². The van der Waals surface area contributed by atoms with E-state index in [9.17, 15) is 10.1 Å². The minimum absolute atomic E-state index is 0.0846. The van der Waals surface area contributed by atoms with E-state index in [1.165, 1.54) is 0 Å². The first-order valence-corrected chi connectivity index (χ1v) is 9.57.